The van der Waals surface area contributed by atoms with Gasteiger partial charge in [0.2, 0.25) is 0 Å². The molecule has 0 spiro atoms. The fourth-order valence-corrected chi connectivity index (χ4v) is 1.23. The van der Waals surface area contributed by atoms with E-state index in [4.69, 9.17) is 4.74 Å². The fourth-order valence-electron chi connectivity index (χ4n) is 1.23. The number of hydrogen-bond donors (Lipinski definition) is 2. The summed E-state index contributed by atoms with van der Waals surface area (Å²) in [5.41, 5.74) is 0. The molecule has 2 fully saturated rings. The van der Waals surface area contributed by atoms with Crippen molar-refractivity contribution >= 4 is 0 Å². The Morgan fingerprint density at radius 3 is 2.78 bits per heavy atom. The Hall–Kier alpha value is -0.120. The number of rotatable bonds is 1. The molecule has 2 heterocycles. The van der Waals surface area contributed by atoms with Gasteiger partial charge in [0.05, 0.1) is 12.7 Å². The number of epoxide rings is 1. The smallest absolute Gasteiger partial charge is 0.0974 e. The van der Waals surface area contributed by atoms with Crippen LogP contribution in [-0.2, 0) is 4.74 Å². The van der Waals surface area contributed by atoms with E-state index >= 15 is 0 Å². The number of ether oxygens (including phenoxy) is 1. The third-order valence-corrected chi connectivity index (χ3v) is 1.88. The molecule has 2 N–H and O–H groups in total. The Morgan fingerprint density at radius 2 is 2.22 bits per heavy atom. The molecule has 0 aromatic rings. The number of piperazine rings is 1. The average Bonchev–Trinajstić information content (AvgIpc) is 2.71. The Bertz CT molecular complexity index is 97.2. The lowest BCUT2D eigenvalue weighted by molar-refractivity contribution is 0.312. The van der Waals surface area contributed by atoms with Gasteiger partial charge in [-0.3, -0.25) is 0 Å². The molecule has 0 bridgehead atoms. The van der Waals surface area contributed by atoms with Crippen molar-refractivity contribution in [3.05, 3.63) is 0 Å². The lowest BCUT2D eigenvalue weighted by Crippen LogP contribution is -2.50. The molecule has 3 nitrogen and oxygen atoms in total. The highest BCUT2D eigenvalue weighted by Crippen LogP contribution is 2.13. The molecule has 52 valence electrons. The van der Waals surface area contributed by atoms with Crippen molar-refractivity contribution in [3.63, 3.8) is 0 Å². The van der Waals surface area contributed by atoms with Gasteiger partial charge >= 0.3 is 0 Å². The largest absolute Gasteiger partial charge is 0.371 e. The van der Waals surface area contributed by atoms with E-state index in [1.165, 1.54) is 0 Å². The standard InChI is InChI=1S/C6H12N2O/c1-2-8-5(3-7-1)6-4-9-6/h5-8H,1-4H2. The third kappa shape index (κ3) is 1.23. The molecule has 0 saturated carbocycles. The molecule has 0 radical (unpaired) electrons. The molecule has 2 aliphatic heterocycles. The normalized spacial score (nSPS) is 42.7. The van der Waals surface area contributed by atoms with Crippen LogP contribution in [0.15, 0.2) is 0 Å². The van der Waals surface area contributed by atoms with Gasteiger partial charge in [0.1, 0.15) is 0 Å². The summed E-state index contributed by atoms with van der Waals surface area (Å²) in [6.07, 6.45) is 0.512. The molecular weight excluding hydrogens is 116 g/mol. The summed E-state index contributed by atoms with van der Waals surface area (Å²) in [7, 11) is 0. The van der Waals surface area contributed by atoms with E-state index in [0.717, 1.165) is 26.2 Å². The first-order chi connectivity index (χ1) is 4.47. The van der Waals surface area contributed by atoms with Crippen molar-refractivity contribution in [2.75, 3.05) is 26.2 Å². The predicted octanol–water partition coefficient (Wildman–Crippen LogP) is -1.05. The summed E-state index contributed by atoms with van der Waals surface area (Å²) < 4.78 is 5.15. The molecule has 9 heavy (non-hydrogen) atoms. The van der Waals surface area contributed by atoms with Crippen molar-refractivity contribution in [2.45, 2.75) is 12.1 Å². The van der Waals surface area contributed by atoms with E-state index in [9.17, 15) is 0 Å². The van der Waals surface area contributed by atoms with Gasteiger partial charge in [-0.05, 0) is 0 Å². The highest BCUT2D eigenvalue weighted by atomic mass is 16.6. The van der Waals surface area contributed by atoms with Crippen molar-refractivity contribution in [1.29, 1.82) is 0 Å². The van der Waals surface area contributed by atoms with Gasteiger partial charge in [-0.2, -0.15) is 0 Å². The average molecular weight is 128 g/mol. The highest BCUT2D eigenvalue weighted by Gasteiger charge is 2.32. The molecule has 0 aliphatic carbocycles. The minimum Gasteiger partial charge on any atom is -0.371 e. The van der Waals surface area contributed by atoms with E-state index < -0.39 is 0 Å². The second-order valence-corrected chi connectivity index (χ2v) is 2.64. The maximum Gasteiger partial charge on any atom is 0.0974 e. The molecule has 3 heteroatoms. The van der Waals surface area contributed by atoms with Crippen LogP contribution in [0.4, 0.5) is 0 Å². The van der Waals surface area contributed by atoms with Crippen LogP contribution in [-0.4, -0.2) is 38.4 Å². The molecule has 2 atom stereocenters. The third-order valence-electron chi connectivity index (χ3n) is 1.88. The summed E-state index contributed by atoms with van der Waals surface area (Å²) in [4.78, 5) is 0. The summed E-state index contributed by atoms with van der Waals surface area (Å²) >= 11 is 0. The Balaban J connectivity index is 1.80. The quantitative estimate of drug-likeness (QED) is 0.442. The van der Waals surface area contributed by atoms with Crippen LogP contribution in [0.3, 0.4) is 0 Å². The van der Waals surface area contributed by atoms with Gasteiger partial charge in [0, 0.05) is 25.7 Å². The zero-order valence-electron chi connectivity index (χ0n) is 5.39. The lowest BCUT2D eigenvalue weighted by atomic mass is 10.2. The molecule has 2 saturated heterocycles. The van der Waals surface area contributed by atoms with Crippen LogP contribution < -0.4 is 10.6 Å². The topological polar surface area (TPSA) is 36.6 Å². The zero-order chi connectivity index (χ0) is 6.10. The Morgan fingerprint density at radius 1 is 1.33 bits per heavy atom. The van der Waals surface area contributed by atoms with E-state index in [2.05, 4.69) is 10.6 Å². The van der Waals surface area contributed by atoms with Crippen LogP contribution in [0, 0.1) is 0 Å². The molecule has 2 unspecified atom stereocenters. The van der Waals surface area contributed by atoms with Gasteiger partial charge < -0.3 is 15.4 Å². The van der Waals surface area contributed by atoms with Crippen molar-refractivity contribution in [1.82, 2.24) is 10.6 Å². The predicted molar refractivity (Wildman–Crippen MR) is 34.4 cm³/mol. The molecule has 0 aromatic carbocycles. The minimum atomic E-state index is 0.512. The highest BCUT2D eigenvalue weighted by molar-refractivity contribution is 4.88. The zero-order valence-corrected chi connectivity index (χ0v) is 5.39. The second-order valence-electron chi connectivity index (χ2n) is 2.64. The van der Waals surface area contributed by atoms with Gasteiger partial charge in [-0.15, -0.1) is 0 Å². The molecule has 2 aliphatic rings. The molecule has 2 rings (SSSR count). The first-order valence-corrected chi connectivity index (χ1v) is 3.52. The molecular formula is C6H12N2O. The van der Waals surface area contributed by atoms with Crippen LogP contribution in [0.1, 0.15) is 0 Å². The summed E-state index contributed by atoms with van der Waals surface area (Å²) in [6.45, 7) is 4.22. The fraction of sp³-hybridized carbons (Fsp3) is 1.00. The minimum absolute atomic E-state index is 0.512. The monoisotopic (exact) mass is 128 g/mol. The van der Waals surface area contributed by atoms with Crippen molar-refractivity contribution < 1.29 is 4.74 Å². The molecule has 0 aromatic heterocycles. The van der Waals surface area contributed by atoms with Crippen molar-refractivity contribution in [3.8, 4) is 0 Å². The lowest BCUT2D eigenvalue weighted by Gasteiger charge is -2.22. The van der Waals surface area contributed by atoms with Crippen LogP contribution in [0.2, 0.25) is 0 Å². The summed E-state index contributed by atoms with van der Waals surface area (Å²) in [6, 6.07) is 0.582. The molecule has 0 amide bonds. The van der Waals surface area contributed by atoms with Crippen LogP contribution >= 0.6 is 0 Å². The van der Waals surface area contributed by atoms with E-state index in [1.807, 2.05) is 0 Å². The van der Waals surface area contributed by atoms with Crippen LogP contribution in [0.5, 0.6) is 0 Å². The van der Waals surface area contributed by atoms with Gasteiger partial charge in [0.15, 0.2) is 0 Å². The SMILES string of the molecule is C1CNC(C2CO2)CN1. The maximum atomic E-state index is 5.15. The van der Waals surface area contributed by atoms with Gasteiger partial charge in [-0.25, -0.2) is 0 Å². The van der Waals surface area contributed by atoms with E-state index in [-0.39, 0.29) is 0 Å². The van der Waals surface area contributed by atoms with Gasteiger partial charge in [0.25, 0.3) is 0 Å². The van der Waals surface area contributed by atoms with E-state index in [1.54, 1.807) is 0 Å². The van der Waals surface area contributed by atoms with Gasteiger partial charge in [-0.1, -0.05) is 0 Å². The Labute approximate surface area is 54.8 Å². The maximum absolute atomic E-state index is 5.15. The van der Waals surface area contributed by atoms with Crippen LogP contribution in [0.25, 0.3) is 0 Å². The first kappa shape index (κ1) is 5.65. The van der Waals surface area contributed by atoms with E-state index in [0.29, 0.717) is 12.1 Å². The van der Waals surface area contributed by atoms with Crippen molar-refractivity contribution in [2.24, 2.45) is 0 Å². The Kier molecular flexibility index (Phi) is 1.41. The first-order valence-electron chi connectivity index (χ1n) is 3.52. The second kappa shape index (κ2) is 2.25. The summed E-state index contributed by atoms with van der Waals surface area (Å²) in [5.74, 6) is 0. The summed E-state index contributed by atoms with van der Waals surface area (Å²) in [5, 5.41) is 6.71. The number of nitrogens with one attached hydrogen (secondary N) is 2. The number of hydrogen-bond acceptors (Lipinski definition) is 3.